The molecule has 0 aromatic carbocycles. The Balaban J connectivity index is 2.49. The number of hydrogen-bond donors (Lipinski definition) is 2. The van der Waals surface area contributed by atoms with Gasteiger partial charge in [-0.25, -0.2) is 0 Å². The molecule has 20 heavy (non-hydrogen) atoms. The van der Waals surface area contributed by atoms with Gasteiger partial charge in [0.15, 0.2) is 18.5 Å². The molecule has 0 fully saturated rings. The number of pyridine rings is 1. The smallest absolute Gasteiger partial charge is 0.309 e. The number of rotatable bonds is 3. The first-order chi connectivity index (χ1) is 9.67. The third-order valence-corrected chi connectivity index (χ3v) is 4.68. The third-order valence-electron chi connectivity index (χ3n) is 2.52. The Morgan fingerprint density at radius 2 is 2.05 bits per heavy atom. The molecule has 98 valence electrons. The zero-order valence-electron chi connectivity index (χ0n) is 10.2. The lowest BCUT2D eigenvalue weighted by molar-refractivity contribution is -0.576. The van der Waals surface area contributed by atoms with Crippen molar-refractivity contribution < 1.29 is 4.57 Å². The molecule has 0 radical (unpaired) electrons. The van der Waals surface area contributed by atoms with Gasteiger partial charge in [-0.05, 0) is 17.5 Å². The fraction of sp³-hybridized carbons (Fsp3) is 0. The van der Waals surface area contributed by atoms with Crippen LogP contribution >= 0.6 is 36.6 Å². The maximum atomic E-state index is 8.89. The number of thiophene rings is 1. The standard InChI is InChI=1S/C14H9N3S3/c15-7-11(8-16)17-5-1-3-10(9-17)13(18)14(19)12-4-2-6-20-12/h1-6,9,18-19H/b14-13+. The summed E-state index contributed by atoms with van der Waals surface area (Å²) in [7, 11) is 0. The summed E-state index contributed by atoms with van der Waals surface area (Å²) < 4.78 is 1.47. The summed E-state index contributed by atoms with van der Waals surface area (Å²) in [5, 5.41) is 19.8. The van der Waals surface area contributed by atoms with Crippen LogP contribution in [-0.4, -0.2) is 5.87 Å². The van der Waals surface area contributed by atoms with Crippen LogP contribution in [0.1, 0.15) is 10.4 Å². The van der Waals surface area contributed by atoms with Gasteiger partial charge >= 0.3 is 5.70 Å². The molecule has 2 aromatic heterocycles. The van der Waals surface area contributed by atoms with Gasteiger partial charge in [-0.3, -0.25) is 0 Å². The minimum Gasteiger partial charge on any atom is -0.757 e. The number of thiol groups is 2. The van der Waals surface area contributed by atoms with Crippen LogP contribution in [0.15, 0.2) is 42.0 Å². The predicted molar refractivity (Wildman–Crippen MR) is 89.4 cm³/mol. The van der Waals surface area contributed by atoms with Crippen LogP contribution < -0.4 is 4.57 Å². The molecule has 0 atom stereocenters. The highest BCUT2D eigenvalue weighted by molar-refractivity contribution is 7.96. The Hall–Kier alpha value is -1.77. The molecule has 3 nitrogen and oxygen atoms in total. The monoisotopic (exact) mass is 315 g/mol. The van der Waals surface area contributed by atoms with Crippen LogP contribution in [0.4, 0.5) is 0 Å². The Kier molecular flexibility index (Phi) is 4.83. The Morgan fingerprint density at radius 3 is 2.65 bits per heavy atom. The molecule has 2 heterocycles. The number of nitrogens with zero attached hydrogens (tertiary/aromatic N) is 3. The highest BCUT2D eigenvalue weighted by Crippen LogP contribution is 2.33. The van der Waals surface area contributed by atoms with Gasteiger partial charge in [0.05, 0.1) is 5.56 Å². The summed E-state index contributed by atoms with van der Waals surface area (Å²) in [4.78, 5) is 2.47. The molecule has 0 aliphatic rings. The Labute approximate surface area is 131 Å². The minimum absolute atomic E-state index is 0.00446. The van der Waals surface area contributed by atoms with Crippen molar-refractivity contribution in [3.63, 3.8) is 0 Å². The zero-order valence-corrected chi connectivity index (χ0v) is 12.8. The molecular weight excluding hydrogens is 306 g/mol. The summed E-state index contributed by atoms with van der Waals surface area (Å²) in [5.41, 5.74) is 0.794. The number of hydrogen-bond acceptors (Lipinski definition) is 4. The molecule has 2 rings (SSSR count). The van der Waals surface area contributed by atoms with E-state index in [9.17, 15) is 0 Å². The molecule has 6 heteroatoms. The van der Waals surface area contributed by atoms with Gasteiger partial charge in [-0.1, -0.05) is 6.07 Å². The highest BCUT2D eigenvalue weighted by atomic mass is 32.1. The second kappa shape index (κ2) is 6.60. The van der Waals surface area contributed by atoms with Gasteiger partial charge in [0.25, 0.3) is 0 Å². The van der Waals surface area contributed by atoms with E-state index in [-0.39, 0.29) is 5.70 Å². The first-order valence-electron chi connectivity index (χ1n) is 5.52. The first-order valence-corrected chi connectivity index (χ1v) is 7.30. The summed E-state index contributed by atoms with van der Waals surface area (Å²) in [6, 6.07) is 9.37. The van der Waals surface area contributed by atoms with E-state index >= 15 is 0 Å². The fourth-order valence-corrected chi connectivity index (χ4v) is 2.93. The van der Waals surface area contributed by atoms with Crippen LogP contribution in [0.3, 0.4) is 0 Å². The van der Waals surface area contributed by atoms with Crippen LogP contribution in [0.5, 0.6) is 0 Å². The first kappa shape index (κ1) is 14.6. The zero-order chi connectivity index (χ0) is 14.5. The van der Waals surface area contributed by atoms with E-state index in [1.54, 1.807) is 29.8 Å². The molecule has 0 bridgehead atoms. The van der Waals surface area contributed by atoms with Gasteiger partial charge in [-0.2, -0.15) is 15.7 Å². The molecule has 2 aromatic rings. The van der Waals surface area contributed by atoms with Crippen molar-refractivity contribution in [3.05, 3.63) is 57.9 Å². The molecule has 0 saturated heterocycles. The molecule has 0 aliphatic carbocycles. The average Bonchev–Trinajstić information content (AvgIpc) is 3.01. The summed E-state index contributed by atoms with van der Waals surface area (Å²) in [6.45, 7) is 0. The van der Waals surface area contributed by atoms with Gasteiger partial charge < -0.3 is 5.41 Å². The van der Waals surface area contributed by atoms with E-state index in [1.165, 1.54) is 4.57 Å². The number of nitriles is 1. The Bertz CT molecular complexity index is 748. The largest absolute Gasteiger partial charge is 0.757 e. The normalized spacial score (nSPS) is 11.2. The fourth-order valence-electron chi connectivity index (χ4n) is 1.56. The second-order valence-corrected chi connectivity index (χ2v) is 5.59. The third kappa shape index (κ3) is 3.03. The van der Waals surface area contributed by atoms with Gasteiger partial charge in [-0.15, -0.1) is 36.6 Å². The molecule has 0 saturated carbocycles. The second-order valence-electron chi connectivity index (χ2n) is 3.75. The quantitative estimate of drug-likeness (QED) is 0.388. The van der Waals surface area contributed by atoms with Crippen LogP contribution in [0.25, 0.3) is 20.9 Å². The lowest BCUT2D eigenvalue weighted by atomic mass is 10.2. The molecule has 0 amide bonds. The predicted octanol–water partition coefficient (Wildman–Crippen LogP) is 3.32. The van der Waals surface area contributed by atoms with E-state index in [1.807, 2.05) is 35.5 Å². The van der Waals surface area contributed by atoms with Gasteiger partial charge in [0.2, 0.25) is 0 Å². The van der Waals surface area contributed by atoms with Crippen molar-refractivity contribution in [3.8, 4) is 6.07 Å². The van der Waals surface area contributed by atoms with Crippen LogP contribution in [0.2, 0.25) is 0 Å². The minimum atomic E-state index is 0.00446. The van der Waals surface area contributed by atoms with Crippen molar-refractivity contribution in [2.45, 2.75) is 0 Å². The molecule has 0 N–H and O–H groups in total. The van der Waals surface area contributed by atoms with Gasteiger partial charge in [0, 0.05) is 20.8 Å². The lowest BCUT2D eigenvalue weighted by Gasteiger charge is -2.03. The molecule has 0 unspecified atom stereocenters. The van der Waals surface area contributed by atoms with Crippen molar-refractivity contribution in [1.82, 2.24) is 0 Å². The maximum Gasteiger partial charge on any atom is 0.309 e. The molecule has 0 spiro atoms. The van der Waals surface area contributed by atoms with Crippen LogP contribution in [-0.2, 0) is 0 Å². The number of allylic oxidation sites excluding steroid dienone is 1. The van der Waals surface area contributed by atoms with Gasteiger partial charge in [0.1, 0.15) is 0 Å². The van der Waals surface area contributed by atoms with Crippen molar-refractivity contribution in [2.24, 2.45) is 0 Å². The molecule has 0 aliphatic heterocycles. The molecular formula is C14H9N3S3. The average molecular weight is 315 g/mol. The summed E-state index contributed by atoms with van der Waals surface area (Å²) in [5.74, 6) is 1.85. The maximum absolute atomic E-state index is 8.89. The SMILES string of the molecule is N#CC(=C=[N-])[n+]1cccc(/C(S)=C(\S)c2cccs2)c1. The van der Waals surface area contributed by atoms with E-state index in [0.717, 1.165) is 15.3 Å². The van der Waals surface area contributed by atoms with E-state index in [0.29, 0.717) is 4.91 Å². The van der Waals surface area contributed by atoms with Crippen molar-refractivity contribution in [1.29, 1.82) is 5.26 Å². The number of aromatic nitrogens is 1. The van der Waals surface area contributed by atoms with Crippen LogP contribution in [0, 0.1) is 11.3 Å². The topological polar surface area (TPSA) is 50.0 Å². The Morgan fingerprint density at radius 1 is 1.25 bits per heavy atom. The highest BCUT2D eigenvalue weighted by Gasteiger charge is 2.12. The van der Waals surface area contributed by atoms with E-state index in [4.69, 9.17) is 10.7 Å². The van der Waals surface area contributed by atoms with Crippen molar-refractivity contribution in [2.75, 3.05) is 0 Å². The summed E-state index contributed by atoms with van der Waals surface area (Å²) in [6.07, 6.45) is 3.34. The van der Waals surface area contributed by atoms with Crippen molar-refractivity contribution >= 4 is 58.0 Å². The summed E-state index contributed by atoms with van der Waals surface area (Å²) >= 11 is 10.6. The van der Waals surface area contributed by atoms with E-state index < -0.39 is 0 Å². The van der Waals surface area contributed by atoms with E-state index in [2.05, 4.69) is 25.3 Å². The lowest BCUT2D eigenvalue weighted by Crippen LogP contribution is -2.31.